The molecule has 3 amide bonds. The third-order valence-corrected chi connectivity index (χ3v) is 2.57. The van der Waals surface area contributed by atoms with Gasteiger partial charge in [-0.15, -0.1) is 0 Å². The van der Waals surface area contributed by atoms with Gasteiger partial charge in [-0.1, -0.05) is 6.07 Å². The minimum Gasteiger partial charge on any atom is -0.351 e. The van der Waals surface area contributed by atoms with Crippen molar-refractivity contribution in [2.24, 2.45) is 5.73 Å². The average molecular weight is 291 g/mol. The molecule has 0 spiro atoms. The lowest BCUT2D eigenvalue weighted by Crippen LogP contribution is -2.19. The van der Waals surface area contributed by atoms with Crippen molar-refractivity contribution in [1.29, 1.82) is 0 Å². The summed E-state index contributed by atoms with van der Waals surface area (Å²) in [6, 6.07) is 8.32. The SMILES string of the molecule is NC(=O)Nc1cccc(NC(=O)c2ccc(F)c(F)c2)c1. The quantitative estimate of drug-likeness (QED) is 0.812. The van der Waals surface area contributed by atoms with Gasteiger partial charge in [0.1, 0.15) is 0 Å². The molecule has 0 aliphatic rings. The fourth-order valence-corrected chi connectivity index (χ4v) is 1.66. The van der Waals surface area contributed by atoms with E-state index in [0.717, 1.165) is 12.1 Å². The predicted octanol–water partition coefficient (Wildman–Crippen LogP) is 2.71. The third-order valence-electron chi connectivity index (χ3n) is 2.57. The summed E-state index contributed by atoms with van der Waals surface area (Å²) in [6.45, 7) is 0. The Labute approximate surface area is 118 Å². The van der Waals surface area contributed by atoms with Gasteiger partial charge < -0.3 is 16.4 Å². The van der Waals surface area contributed by atoms with Gasteiger partial charge in [0.15, 0.2) is 11.6 Å². The van der Waals surface area contributed by atoms with Crippen molar-refractivity contribution >= 4 is 23.3 Å². The summed E-state index contributed by atoms with van der Waals surface area (Å²) in [6.07, 6.45) is 0. The molecule has 0 fully saturated rings. The number of primary amides is 1. The zero-order valence-electron chi connectivity index (χ0n) is 10.7. The van der Waals surface area contributed by atoms with Gasteiger partial charge in [-0.05, 0) is 36.4 Å². The maximum absolute atomic E-state index is 13.1. The number of benzene rings is 2. The largest absolute Gasteiger partial charge is 0.351 e. The predicted molar refractivity (Wildman–Crippen MR) is 74.0 cm³/mol. The summed E-state index contributed by atoms with van der Waals surface area (Å²) >= 11 is 0. The zero-order chi connectivity index (χ0) is 15.4. The lowest BCUT2D eigenvalue weighted by Gasteiger charge is -2.08. The van der Waals surface area contributed by atoms with Crippen molar-refractivity contribution in [3.05, 3.63) is 59.7 Å². The first kappa shape index (κ1) is 14.4. The van der Waals surface area contributed by atoms with Crippen LogP contribution < -0.4 is 16.4 Å². The number of carbonyl (C=O) groups excluding carboxylic acids is 2. The summed E-state index contributed by atoms with van der Waals surface area (Å²) < 4.78 is 25.9. The van der Waals surface area contributed by atoms with Crippen molar-refractivity contribution in [2.45, 2.75) is 0 Å². The van der Waals surface area contributed by atoms with Gasteiger partial charge in [-0.2, -0.15) is 0 Å². The Hall–Kier alpha value is -2.96. The first-order chi connectivity index (χ1) is 9.95. The van der Waals surface area contributed by atoms with Crippen LogP contribution in [-0.2, 0) is 0 Å². The van der Waals surface area contributed by atoms with Crippen molar-refractivity contribution < 1.29 is 18.4 Å². The molecule has 0 saturated carbocycles. The molecule has 0 atom stereocenters. The molecule has 5 nitrogen and oxygen atoms in total. The van der Waals surface area contributed by atoms with E-state index in [0.29, 0.717) is 11.4 Å². The molecule has 0 unspecified atom stereocenters. The summed E-state index contributed by atoms with van der Waals surface area (Å²) in [5.41, 5.74) is 5.72. The van der Waals surface area contributed by atoms with E-state index in [-0.39, 0.29) is 5.56 Å². The van der Waals surface area contributed by atoms with Crippen LogP contribution in [-0.4, -0.2) is 11.9 Å². The fourth-order valence-electron chi connectivity index (χ4n) is 1.66. The monoisotopic (exact) mass is 291 g/mol. The maximum Gasteiger partial charge on any atom is 0.316 e. The minimum absolute atomic E-state index is 0.0258. The van der Waals surface area contributed by atoms with Crippen LogP contribution in [0.3, 0.4) is 0 Å². The normalized spacial score (nSPS) is 10.0. The van der Waals surface area contributed by atoms with Crippen LogP contribution in [0.5, 0.6) is 0 Å². The summed E-state index contributed by atoms with van der Waals surface area (Å²) in [4.78, 5) is 22.6. The lowest BCUT2D eigenvalue weighted by atomic mass is 10.2. The van der Waals surface area contributed by atoms with Crippen LogP contribution in [0.25, 0.3) is 0 Å². The van der Waals surface area contributed by atoms with Gasteiger partial charge in [-0.3, -0.25) is 4.79 Å². The molecule has 0 aliphatic heterocycles. The van der Waals surface area contributed by atoms with E-state index in [1.807, 2.05) is 0 Å². The van der Waals surface area contributed by atoms with Gasteiger partial charge in [0, 0.05) is 16.9 Å². The van der Waals surface area contributed by atoms with Gasteiger partial charge >= 0.3 is 6.03 Å². The molecule has 0 heterocycles. The summed E-state index contributed by atoms with van der Waals surface area (Å²) in [7, 11) is 0. The molecular formula is C14H11F2N3O2. The van der Waals surface area contributed by atoms with E-state index >= 15 is 0 Å². The molecule has 21 heavy (non-hydrogen) atoms. The van der Waals surface area contributed by atoms with Gasteiger partial charge in [0.2, 0.25) is 0 Å². The second-order valence-corrected chi connectivity index (χ2v) is 4.15. The molecule has 108 valence electrons. The molecule has 7 heteroatoms. The fraction of sp³-hybridized carbons (Fsp3) is 0. The Kier molecular flexibility index (Phi) is 4.13. The Morgan fingerprint density at radius 3 is 2.19 bits per heavy atom. The molecule has 0 aliphatic carbocycles. The van der Waals surface area contributed by atoms with Crippen LogP contribution in [0, 0.1) is 11.6 Å². The lowest BCUT2D eigenvalue weighted by molar-refractivity contribution is 0.102. The highest BCUT2D eigenvalue weighted by Crippen LogP contribution is 2.16. The molecule has 2 aromatic rings. The van der Waals surface area contributed by atoms with Crippen LogP contribution in [0.1, 0.15) is 10.4 Å². The summed E-state index contributed by atoms with van der Waals surface area (Å²) in [5.74, 6) is -2.74. The number of halogens is 2. The van der Waals surface area contributed by atoms with Gasteiger partial charge in [0.05, 0.1) is 0 Å². The van der Waals surface area contributed by atoms with Crippen molar-refractivity contribution in [2.75, 3.05) is 10.6 Å². The molecular weight excluding hydrogens is 280 g/mol. The second-order valence-electron chi connectivity index (χ2n) is 4.15. The number of amides is 3. The molecule has 4 N–H and O–H groups in total. The topological polar surface area (TPSA) is 84.2 Å². The molecule has 0 radical (unpaired) electrons. The Balaban J connectivity index is 2.15. The highest BCUT2D eigenvalue weighted by Gasteiger charge is 2.10. The van der Waals surface area contributed by atoms with E-state index in [1.54, 1.807) is 18.2 Å². The van der Waals surface area contributed by atoms with E-state index in [2.05, 4.69) is 10.6 Å². The van der Waals surface area contributed by atoms with Gasteiger partial charge in [-0.25, -0.2) is 13.6 Å². The number of nitrogens with two attached hydrogens (primary N) is 1. The first-order valence-electron chi connectivity index (χ1n) is 5.88. The van der Waals surface area contributed by atoms with Crippen molar-refractivity contribution in [3.8, 4) is 0 Å². The average Bonchev–Trinajstić information content (AvgIpc) is 2.41. The number of anilines is 2. The molecule has 0 bridgehead atoms. The number of urea groups is 1. The van der Waals surface area contributed by atoms with E-state index in [4.69, 9.17) is 5.73 Å². The van der Waals surface area contributed by atoms with E-state index in [9.17, 15) is 18.4 Å². The number of hydrogen-bond acceptors (Lipinski definition) is 2. The molecule has 0 saturated heterocycles. The Morgan fingerprint density at radius 1 is 0.905 bits per heavy atom. The number of nitrogens with one attached hydrogen (secondary N) is 2. The molecule has 0 aromatic heterocycles. The Morgan fingerprint density at radius 2 is 1.57 bits per heavy atom. The third kappa shape index (κ3) is 3.75. The zero-order valence-corrected chi connectivity index (χ0v) is 10.7. The number of carbonyl (C=O) groups is 2. The van der Waals surface area contributed by atoms with Gasteiger partial charge in [0.25, 0.3) is 5.91 Å². The van der Waals surface area contributed by atoms with E-state index in [1.165, 1.54) is 12.1 Å². The van der Waals surface area contributed by atoms with Crippen LogP contribution >= 0.6 is 0 Å². The molecule has 2 aromatic carbocycles. The standard InChI is InChI=1S/C14H11F2N3O2/c15-11-5-4-8(6-12(11)16)13(20)18-9-2-1-3-10(7-9)19-14(17)21/h1-7H,(H,18,20)(H3,17,19,21). The van der Waals surface area contributed by atoms with Crippen LogP contribution in [0.2, 0.25) is 0 Å². The second kappa shape index (κ2) is 6.00. The van der Waals surface area contributed by atoms with Crippen molar-refractivity contribution in [1.82, 2.24) is 0 Å². The highest BCUT2D eigenvalue weighted by molar-refractivity contribution is 6.04. The van der Waals surface area contributed by atoms with Crippen LogP contribution in [0.4, 0.5) is 25.0 Å². The highest BCUT2D eigenvalue weighted by atomic mass is 19.2. The van der Waals surface area contributed by atoms with E-state index < -0.39 is 23.6 Å². The summed E-state index contributed by atoms with van der Waals surface area (Å²) in [5, 5.41) is 4.85. The minimum atomic E-state index is -1.10. The van der Waals surface area contributed by atoms with Crippen LogP contribution in [0.15, 0.2) is 42.5 Å². The van der Waals surface area contributed by atoms with Crippen molar-refractivity contribution in [3.63, 3.8) is 0 Å². The maximum atomic E-state index is 13.1. The smallest absolute Gasteiger partial charge is 0.316 e. The number of rotatable bonds is 3. The Bertz CT molecular complexity index is 704. The number of hydrogen-bond donors (Lipinski definition) is 3. The molecule has 2 rings (SSSR count). The first-order valence-corrected chi connectivity index (χ1v) is 5.88.